The molecule has 1 aromatic rings. The number of anilines is 2. The third-order valence-corrected chi connectivity index (χ3v) is 4.15. The van der Waals surface area contributed by atoms with Crippen molar-refractivity contribution in [1.29, 1.82) is 0 Å². The second-order valence-electron chi connectivity index (χ2n) is 6.17. The van der Waals surface area contributed by atoms with Crippen molar-refractivity contribution in [2.75, 3.05) is 10.6 Å². The second-order valence-corrected chi connectivity index (χ2v) is 6.17. The predicted octanol–water partition coefficient (Wildman–Crippen LogP) is 4.73. The third-order valence-electron chi connectivity index (χ3n) is 4.15. The van der Waals surface area contributed by atoms with Gasteiger partial charge in [0.2, 0.25) is 5.91 Å². The summed E-state index contributed by atoms with van der Waals surface area (Å²) >= 11 is 0. The number of hydrogen-bond donors (Lipinski definition) is 2. The van der Waals surface area contributed by atoms with E-state index in [0.29, 0.717) is 12.5 Å². The zero-order valence-electron chi connectivity index (χ0n) is 13.4. The van der Waals surface area contributed by atoms with E-state index in [1.165, 1.54) is 49.8 Å². The van der Waals surface area contributed by atoms with E-state index in [9.17, 15) is 4.79 Å². The summed E-state index contributed by atoms with van der Waals surface area (Å²) in [6, 6.07) is 6.77. The largest absolute Gasteiger partial charge is 0.383 e. The van der Waals surface area contributed by atoms with Gasteiger partial charge in [0, 0.05) is 23.8 Å². The Morgan fingerprint density at radius 3 is 2.81 bits per heavy atom. The Labute approximate surface area is 128 Å². The fourth-order valence-electron chi connectivity index (χ4n) is 2.88. The Balaban J connectivity index is 1.79. The summed E-state index contributed by atoms with van der Waals surface area (Å²) < 4.78 is 0. The molecule has 2 rings (SSSR count). The topological polar surface area (TPSA) is 41.1 Å². The van der Waals surface area contributed by atoms with E-state index in [1.807, 2.05) is 6.07 Å². The van der Waals surface area contributed by atoms with Gasteiger partial charge in [-0.05, 0) is 43.5 Å². The lowest BCUT2D eigenvalue weighted by atomic mass is 10.0. The van der Waals surface area contributed by atoms with Gasteiger partial charge < -0.3 is 10.6 Å². The number of hydrogen-bond acceptors (Lipinski definition) is 2. The fraction of sp³-hybridized carbons (Fsp3) is 0.611. The number of carbonyl (C=O) groups excluding carboxylic acids is 1. The molecule has 0 aromatic heterocycles. The highest BCUT2D eigenvalue weighted by atomic mass is 16.1. The highest BCUT2D eigenvalue weighted by Crippen LogP contribution is 2.26. The summed E-state index contributed by atoms with van der Waals surface area (Å²) in [5, 5.41) is 6.51. The molecule has 0 saturated heterocycles. The average molecular weight is 288 g/mol. The molecule has 0 fully saturated rings. The SMILES string of the molecule is CCCCCCCC(C)Nc1ccc2c(c1)CCC(=O)N2. The quantitative estimate of drug-likeness (QED) is 0.679. The molecule has 21 heavy (non-hydrogen) atoms. The molecule has 116 valence electrons. The van der Waals surface area contributed by atoms with Crippen LogP contribution in [0.25, 0.3) is 0 Å². The lowest BCUT2D eigenvalue weighted by Gasteiger charge is -2.20. The van der Waals surface area contributed by atoms with Crippen molar-refractivity contribution in [1.82, 2.24) is 0 Å². The Morgan fingerprint density at radius 2 is 2.00 bits per heavy atom. The van der Waals surface area contributed by atoms with Crippen molar-refractivity contribution in [2.45, 2.75) is 71.3 Å². The van der Waals surface area contributed by atoms with Crippen molar-refractivity contribution in [3.8, 4) is 0 Å². The smallest absolute Gasteiger partial charge is 0.224 e. The lowest BCUT2D eigenvalue weighted by molar-refractivity contribution is -0.116. The van der Waals surface area contributed by atoms with Crippen molar-refractivity contribution in [3.63, 3.8) is 0 Å². The van der Waals surface area contributed by atoms with Gasteiger partial charge >= 0.3 is 0 Å². The first kappa shape index (κ1) is 15.9. The zero-order chi connectivity index (χ0) is 15.1. The van der Waals surface area contributed by atoms with Crippen LogP contribution in [0.1, 0.15) is 64.4 Å². The van der Waals surface area contributed by atoms with E-state index in [-0.39, 0.29) is 5.91 Å². The van der Waals surface area contributed by atoms with Crippen LogP contribution in [0.5, 0.6) is 0 Å². The lowest BCUT2D eigenvalue weighted by Crippen LogP contribution is -2.20. The summed E-state index contributed by atoms with van der Waals surface area (Å²) in [6.07, 6.45) is 9.34. The molecule has 0 bridgehead atoms. The first-order valence-corrected chi connectivity index (χ1v) is 8.38. The van der Waals surface area contributed by atoms with Gasteiger partial charge in [-0.2, -0.15) is 0 Å². The minimum absolute atomic E-state index is 0.128. The second kappa shape index (κ2) is 8.06. The van der Waals surface area contributed by atoms with E-state index in [0.717, 1.165) is 12.1 Å². The molecule has 1 aliphatic heterocycles. The van der Waals surface area contributed by atoms with Crippen molar-refractivity contribution >= 4 is 17.3 Å². The molecule has 3 heteroatoms. The zero-order valence-corrected chi connectivity index (χ0v) is 13.4. The summed E-state index contributed by atoms with van der Waals surface area (Å²) in [5.74, 6) is 0.128. The Morgan fingerprint density at radius 1 is 1.19 bits per heavy atom. The highest BCUT2D eigenvalue weighted by Gasteiger charge is 2.15. The number of unbranched alkanes of at least 4 members (excludes halogenated alkanes) is 4. The summed E-state index contributed by atoms with van der Waals surface area (Å²) in [7, 11) is 0. The molecule has 1 heterocycles. The van der Waals surface area contributed by atoms with Gasteiger partial charge in [0.1, 0.15) is 0 Å². The van der Waals surface area contributed by atoms with Crippen molar-refractivity contribution in [3.05, 3.63) is 23.8 Å². The van der Waals surface area contributed by atoms with E-state index >= 15 is 0 Å². The van der Waals surface area contributed by atoms with Gasteiger partial charge in [-0.1, -0.05) is 39.0 Å². The van der Waals surface area contributed by atoms with Gasteiger partial charge in [-0.3, -0.25) is 4.79 Å². The molecule has 0 aliphatic carbocycles. The number of benzene rings is 1. The van der Waals surface area contributed by atoms with Crippen LogP contribution < -0.4 is 10.6 Å². The van der Waals surface area contributed by atoms with Gasteiger partial charge in [-0.25, -0.2) is 0 Å². The first-order valence-electron chi connectivity index (χ1n) is 8.38. The van der Waals surface area contributed by atoms with E-state index < -0.39 is 0 Å². The molecule has 2 N–H and O–H groups in total. The number of amides is 1. The molecule has 0 saturated carbocycles. The van der Waals surface area contributed by atoms with Crippen LogP contribution in [-0.4, -0.2) is 11.9 Å². The molecule has 1 amide bonds. The van der Waals surface area contributed by atoms with Crippen LogP contribution in [0.3, 0.4) is 0 Å². The maximum atomic E-state index is 11.4. The van der Waals surface area contributed by atoms with Crippen LogP contribution in [-0.2, 0) is 11.2 Å². The minimum atomic E-state index is 0.128. The molecule has 3 nitrogen and oxygen atoms in total. The van der Waals surface area contributed by atoms with Crippen molar-refractivity contribution in [2.24, 2.45) is 0 Å². The summed E-state index contributed by atoms with van der Waals surface area (Å²) in [4.78, 5) is 11.4. The minimum Gasteiger partial charge on any atom is -0.383 e. The van der Waals surface area contributed by atoms with Crippen molar-refractivity contribution < 1.29 is 4.79 Å². The monoisotopic (exact) mass is 288 g/mol. The summed E-state index contributed by atoms with van der Waals surface area (Å²) in [6.45, 7) is 4.50. The van der Waals surface area contributed by atoms with Gasteiger partial charge in [0.05, 0.1) is 0 Å². The normalized spacial score (nSPS) is 15.2. The summed E-state index contributed by atoms with van der Waals surface area (Å²) in [5.41, 5.74) is 3.39. The molecule has 1 aromatic carbocycles. The predicted molar refractivity (Wildman–Crippen MR) is 89.9 cm³/mol. The van der Waals surface area contributed by atoms with Crippen LogP contribution in [0.15, 0.2) is 18.2 Å². The Bertz CT molecular complexity index is 470. The first-order chi connectivity index (χ1) is 10.2. The fourth-order valence-corrected chi connectivity index (χ4v) is 2.88. The van der Waals surface area contributed by atoms with Gasteiger partial charge in [-0.15, -0.1) is 0 Å². The number of aryl methyl sites for hydroxylation is 1. The van der Waals surface area contributed by atoms with Gasteiger partial charge in [0.15, 0.2) is 0 Å². The highest BCUT2D eigenvalue weighted by molar-refractivity contribution is 5.94. The average Bonchev–Trinajstić information content (AvgIpc) is 2.47. The Kier molecular flexibility index (Phi) is 6.09. The molecular weight excluding hydrogens is 260 g/mol. The standard InChI is InChI=1S/C18H28N2O/c1-3-4-5-6-7-8-14(2)19-16-10-11-17-15(13-16)9-12-18(21)20-17/h10-11,13-14,19H,3-9,12H2,1-2H3,(H,20,21). The molecule has 0 radical (unpaired) electrons. The number of rotatable bonds is 8. The maximum absolute atomic E-state index is 11.4. The Hall–Kier alpha value is -1.51. The number of nitrogens with one attached hydrogen (secondary N) is 2. The molecule has 1 atom stereocenters. The van der Waals surface area contributed by atoms with E-state index in [2.05, 4.69) is 36.6 Å². The maximum Gasteiger partial charge on any atom is 0.224 e. The van der Waals surface area contributed by atoms with Crippen LogP contribution in [0.2, 0.25) is 0 Å². The van der Waals surface area contributed by atoms with Crippen LogP contribution >= 0.6 is 0 Å². The third kappa shape index (κ3) is 5.07. The molecule has 1 aliphatic rings. The van der Waals surface area contributed by atoms with E-state index in [1.54, 1.807) is 0 Å². The molecular formula is C18H28N2O. The molecule has 0 spiro atoms. The van der Waals surface area contributed by atoms with Crippen LogP contribution in [0, 0.1) is 0 Å². The van der Waals surface area contributed by atoms with Gasteiger partial charge in [0.25, 0.3) is 0 Å². The molecule has 1 unspecified atom stereocenters. The van der Waals surface area contributed by atoms with E-state index in [4.69, 9.17) is 0 Å². The number of fused-ring (bicyclic) bond motifs is 1. The number of carbonyl (C=O) groups is 1. The van der Waals surface area contributed by atoms with Crippen LogP contribution in [0.4, 0.5) is 11.4 Å².